The summed E-state index contributed by atoms with van der Waals surface area (Å²) in [7, 11) is 0. The van der Waals surface area contributed by atoms with E-state index in [1.165, 1.54) is 12.1 Å². The molecule has 0 saturated carbocycles. The van der Waals surface area contributed by atoms with Crippen LogP contribution >= 0.6 is 0 Å². The summed E-state index contributed by atoms with van der Waals surface area (Å²) in [5.74, 6) is -3.55. The number of Topliss-reactive ketones (excluding diaryl/α,β-unsaturated/α-hetero) is 1. The molecule has 1 aliphatic rings. The highest BCUT2D eigenvalue weighted by molar-refractivity contribution is 6.25. The van der Waals surface area contributed by atoms with Gasteiger partial charge in [0.1, 0.15) is 23.3 Å². The summed E-state index contributed by atoms with van der Waals surface area (Å²) in [6, 6.07) is 2.65. The minimum absolute atomic E-state index is 0.511. The zero-order valence-electron chi connectivity index (χ0n) is 6.17. The summed E-state index contributed by atoms with van der Waals surface area (Å²) in [5, 5.41) is 16.6. The molecule has 1 rings (SSSR count). The molecule has 0 saturated heterocycles. The van der Waals surface area contributed by atoms with Crippen molar-refractivity contribution in [3.05, 3.63) is 23.0 Å². The van der Waals surface area contributed by atoms with Crippen LogP contribution in [0.15, 0.2) is 23.0 Å². The molecule has 13 heavy (non-hydrogen) atoms. The Balaban J connectivity index is 3.34. The Morgan fingerprint density at radius 1 is 1.23 bits per heavy atom. The van der Waals surface area contributed by atoms with Crippen LogP contribution in [-0.2, 0) is 9.59 Å². The first-order valence-corrected chi connectivity index (χ1v) is 3.12. The quantitative estimate of drug-likeness (QED) is 0.498. The Kier molecular flexibility index (Phi) is 2.03. The third-order valence-corrected chi connectivity index (χ3v) is 1.42. The molecule has 0 fully saturated rings. The zero-order valence-corrected chi connectivity index (χ0v) is 6.17. The SMILES string of the molecule is N#CC1=CC(=O)C(F)=C(C#N)C1=O. The Labute approximate surface area is 72.2 Å². The number of allylic oxidation sites excluding steroid dienone is 4. The summed E-state index contributed by atoms with van der Waals surface area (Å²) >= 11 is 0. The lowest BCUT2D eigenvalue weighted by Crippen LogP contribution is -2.15. The van der Waals surface area contributed by atoms with E-state index in [2.05, 4.69) is 0 Å². The Hall–Kier alpha value is -2.27. The van der Waals surface area contributed by atoms with Crippen molar-refractivity contribution >= 4 is 11.6 Å². The van der Waals surface area contributed by atoms with Crippen LogP contribution in [0.25, 0.3) is 0 Å². The van der Waals surface area contributed by atoms with Gasteiger partial charge in [0, 0.05) is 6.08 Å². The monoisotopic (exact) mass is 176 g/mol. The highest BCUT2D eigenvalue weighted by Crippen LogP contribution is 2.18. The molecule has 0 heterocycles. The standard InChI is InChI=1S/C8HFN2O2/c9-7-5(3-11)8(13)4(2-10)1-6(7)12/h1H. The summed E-state index contributed by atoms with van der Waals surface area (Å²) in [5.41, 5.74) is -1.41. The largest absolute Gasteiger partial charge is 0.287 e. The van der Waals surface area contributed by atoms with Gasteiger partial charge in [0.25, 0.3) is 0 Å². The molecule has 4 nitrogen and oxygen atoms in total. The van der Waals surface area contributed by atoms with Gasteiger partial charge in [-0.05, 0) is 0 Å². The lowest BCUT2D eigenvalue weighted by molar-refractivity contribution is -0.116. The lowest BCUT2D eigenvalue weighted by atomic mass is 9.97. The molecule has 0 amide bonds. The molecule has 5 heteroatoms. The Bertz CT molecular complexity index is 446. The third-order valence-electron chi connectivity index (χ3n) is 1.42. The van der Waals surface area contributed by atoms with Crippen LogP contribution < -0.4 is 0 Å². The minimum Gasteiger partial charge on any atom is -0.287 e. The van der Waals surface area contributed by atoms with Gasteiger partial charge in [0.05, 0.1) is 0 Å². The van der Waals surface area contributed by atoms with Crippen LogP contribution in [-0.4, -0.2) is 11.6 Å². The van der Waals surface area contributed by atoms with Crippen molar-refractivity contribution in [3.63, 3.8) is 0 Å². The van der Waals surface area contributed by atoms with Gasteiger partial charge in [-0.25, -0.2) is 4.39 Å². The van der Waals surface area contributed by atoms with Crippen LogP contribution in [0, 0.1) is 22.7 Å². The van der Waals surface area contributed by atoms with Gasteiger partial charge in [-0.2, -0.15) is 10.5 Å². The number of hydrogen-bond acceptors (Lipinski definition) is 4. The molecule has 0 bridgehead atoms. The molecule has 0 unspecified atom stereocenters. The number of nitrogens with zero attached hydrogens (tertiary/aromatic N) is 2. The number of ketones is 2. The molecule has 0 atom stereocenters. The van der Waals surface area contributed by atoms with Crippen molar-refractivity contribution in [2.45, 2.75) is 0 Å². The van der Waals surface area contributed by atoms with Crippen molar-refractivity contribution in [1.29, 1.82) is 10.5 Å². The Morgan fingerprint density at radius 3 is 2.31 bits per heavy atom. The molecule has 0 aromatic rings. The molecule has 0 spiro atoms. The fourth-order valence-electron chi connectivity index (χ4n) is 0.800. The van der Waals surface area contributed by atoms with Crippen LogP contribution in [0.5, 0.6) is 0 Å². The second-order valence-electron chi connectivity index (χ2n) is 2.16. The maximum Gasteiger partial charge on any atom is 0.217 e. The van der Waals surface area contributed by atoms with Gasteiger partial charge in [0.15, 0.2) is 5.83 Å². The molecule has 0 aromatic carbocycles. The predicted octanol–water partition coefficient (Wildman–Crippen LogP) is 0.335. The average Bonchev–Trinajstić information content (AvgIpc) is 2.12. The maximum atomic E-state index is 12.7. The second-order valence-corrected chi connectivity index (χ2v) is 2.16. The minimum atomic E-state index is -1.40. The van der Waals surface area contributed by atoms with E-state index in [0.717, 1.165) is 0 Å². The summed E-state index contributed by atoms with van der Waals surface area (Å²) in [6.07, 6.45) is 0.582. The van der Waals surface area contributed by atoms with Crippen molar-refractivity contribution in [2.75, 3.05) is 0 Å². The van der Waals surface area contributed by atoms with Crippen LogP contribution in [0.4, 0.5) is 4.39 Å². The molecule has 62 valence electrons. The molecule has 1 aliphatic carbocycles. The van der Waals surface area contributed by atoms with Crippen LogP contribution in [0.3, 0.4) is 0 Å². The van der Waals surface area contributed by atoms with E-state index in [1.54, 1.807) is 0 Å². The van der Waals surface area contributed by atoms with Gasteiger partial charge >= 0.3 is 0 Å². The van der Waals surface area contributed by atoms with E-state index < -0.39 is 28.5 Å². The van der Waals surface area contributed by atoms with Crippen LogP contribution in [0.2, 0.25) is 0 Å². The van der Waals surface area contributed by atoms with Gasteiger partial charge in [0.2, 0.25) is 11.6 Å². The molecular weight excluding hydrogens is 175 g/mol. The van der Waals surface area contributed by atoms with Crippen LogP contribution in [0.1, 0.15) is 0 Å². The smallest absolute Gasteiger partial charge is 0.217 e. The van der Waals surface area contributed by atoms with Crippen molar-refractivity contribution in [1.82, 2.24) is 0 Å². The first-order chi connectivity index (χ1) is 6.11. The fourth-order valence-corrected chi connectivity index (χ4v) is 0.800. The topological polar surface area (TPSA) is 81.7 Å². The first kappa shape index (κ1) is 8.82. The number of rotatable bonds is 0. The number of carbonyl (C=O) groups is 2. The molecule has 0 radical (unpaired) electrons. The predicted molar refractivity (Wildman–Crippen MR) is 37.5 cm³/mol. The van der Waals surface area contributed by atoms with Gasteiger partial charge in [-0.3, -0.25) is 9.59 Å². The molecule has 0 N–H and O–H groups in total. The Morgan fingerprint density at radius 2 is 1.85 bits per heavy atom. The van der Waals surface area contributed by atoms with E-state index in [4.69, 9.17) is 10.5 Å². The second kappa shape index (κ2) is 3.00. The maximum absolute atomic E-state index is 12.7. The first-order valence-electron chi connectivity index (χ1n) is 3.12. The van der Waals surface area contributed by atoms with Crippen molar-refractivity contribution < 1.29 is 14.0 Å². The van der Waals surface area contributed by atoms with Crippen molar-refractivity contribution in [2.24, 2.45) is 0 Å². The number of nitriles is 2. The van der Waals surface area contributed by atoms with Crippen molar-refractivity contribution in [3.8, 4) is 12.1 Å². The number of hydrogen-bond donors (Lipinski definition) is 0. The van der Waals surface area contributed by atoms with E-state index in [0.29, 0.717) is 6.08 Å². The fraction of sp³-hybridized carbons (Fsp3) is 0. The normalized spacial score (nSPS) is 16.4. The van der Waals surface area contributed by atoms with E-state index in [9.17, 15) is 14.0 Å². The summed E-state index contributed by atoms with van der Waals surface area (Å²) in [6.45, 7) is 0. The van der Waals surface area contributed by atoms with Gasteiger partial charge < -0.3 is 0 Å². The van der Waals surface area contributed by atoms with Gasteiger partial charge in [-0.15, -0.1) is 0 Å². The number of carbonyl (C=O) groups excluding carboxylic acids is 2. The van der Waals surface area contributed by atoms with E-state index in [1.807, 2.05) is 0 Å². The van der Waals surface area contributed by atoms with E-state index >= 15 is 0 Å². The van der Waals surface area contributed by atoms with Gasteiger partial charge in [-0.1, -0.05) is 0 Å². The average molecular weight is 176 g/mol. The molecule has 0 aromatic heterocycles. The molecule has 0 aliphatic heterocycles. The lowest BCUT2D eigenvalue weighted by Gasteiger charge is -2.03. The highest BCUT2D eigenvalue weighted by atomic mass is 19.1. The summed E-state index contributed by atoms with van der Waals surface area (Å²) < 4.78 is 12.7. The van der Waals surface area contributed by atoms with E-state index in [-0.39, 0.29) is 0 Å². The third kappa shape index (κ3) is 1.23. The summed E-state index contributed by atoms with van der Waals surface area (Å²) in [4.78, 5) is 21.7. The number of halogens is 1. The zero-order chi connectivity index (χ0) is 10.0. The molecular formula is C8HFN2O2. The highest BCUT2D eigenvalue weighted by Gasteiger charge is 2.28.